The minimum atomic E-state index is 0.106. The van der Waals surface area contributed by atoms with Crippen LogP contribution in [0.4, 0.5) is 11.8 Å². The Hall–Kier alpha value is -2.63. The molecule has 6 nitrogen and oxygen atoms in total. The third-order valence-corrected chi connectivity index (χ3v) is 4.73. The largest absolute Gasteiger partial charge is 0.363 e. The number of nitrogens with zero attached hydrogens (tertiary/aromatic N) is 3. The molecule has 1 aliphatic rings. The van der Waals surface area contributed by atoms with E-state index in [-0.39, 0.29) is 11.9 Å². The van der Waals surface area contributed by atoms with Gasteiger partial charge in [0.2, 0.25) is 11.9 Å². The van der Waals surface area contributed by atoms with Crippen molar-refractivity contribution in [2.24, 2.45) is 0 Å². The van der Waals surface area contributed by atoms with Crippen molar-refractivity contribution in [2.75, 3.05) is 24.3 Å². The Morgan fingerprint density at radius 3 is 2.46 bits per heavy atom. The second-order valence-corrected chi connectivity index (χ2v) is 7.06. The molecule has 0 unspecified atom stereocenters. The second-order valence-electron chi connectivity index (χ2n) is 7.06. The Labute approximate surface area is 155 Å². The number of aromatic nitrogens is 2. The summed E-state index contributed by atoms with van der Waals surface area (Å²) in [5, 5.41) is 6.60. The number of amides is 1. The van der Waals surface area contributed by atoms with Crippen LogP contribution in [0.1, 0.15) is 31.2 Å². The number of benzene rings is 1. The van der Waals surface area contributed by atoms with E-state index in [0.717, 1.165) is 37.1 Å². The van der Waals surface area contributed by atoms with Crippen LogP contribution in [0.2, 0.25) is 0 Å². The van der Waals surface area contributed by atoms with Crippen molar-refractivity contribution in [2.45, 2.75) is 44.2 Å². The first-order chi connectivity index (χ1) is 12.6. The SMILES string of the molecule is CN(C)c1ccnc(N[C@H]2CC[C@@H](NC(=O)Cc3ccccc3)CC2)n1. The van der Waals surface area contributed by atoms with Gasteiger partial charge in [-0.25, -0.2) is 4.98 Å². The van der Waals surface area contributed by atoms with E-state index in [1.807, 2.05) is 55.4 Å². The van der Waals surface area contributed by atoms with Crippen LogP contribution in [0, 0.1) is 0 Å². The first kappa shape index (κ1) is 18.2. The number of rotatable bonds is 6. The Morgan fingerprint density at radius 1 is 1.08 bits per heavy atom. The molecule has 1 saturated carbocycles. The molecule has 0 bridgehead atoms. The summed E-state index contributed by atoms with van der Waals surface area (Å²) in [6, 6.07) is 12.4. The minimum absolute atomic E-state index is 0.106. The maximum absolute atomic E-state index is 12.2. The maximum Gasteiger partial charge on any atom is 0.224 e. The topological polar surface area (TPSA) is 70.2 Å². The average molecular weight is 353 g/mol. The van der Waals surface area contributed by atoms with E-state index in [2.05, 4.69) is 20.6 Å². The molecular weight excluding hydrogens is 326 g/mol. The van der Waals surface area contributed by atoms with Gasteiger partial charge in [-0.2, -0.15) is 4.98 Å². The highest BCUT2D eigenvalue weighted by atomic mass is 16.1. The summed E-state index contributed by atoms with van der Waals surface area (Å²) >= 11 is 0. The Kier molecular flexibility index (Phi) is 6.04. The second kappa shape index (κ2) is 8.65. The molecule has 0 spiro atoms. The molecule has 0 atom stereocenters. The molecule has 0 aliphatic heterocycles. The molecule has 2 aromatic rings. The van der Waals surface area contributed by atoms with Crippen LogP contribution in [0.25, 0.3) is 0 Å². The molecule has 3 rings (SSSR count). The van der Waals surface area contributed by atoms with E-state index >= 15 is 0 Å². The normalized spacial score (nSPS) is 19.6. The van der Waals surface area contributed by atoms with Crippen LogP contribution in [0.3, 0.4) is 0 Å². The third kappa shape index (κ3) is 5.18. The van der Waals surface area contributed by atoms with Crippen molar-refractivity contribution < 1.29 is 4.79 Å². The summed E-state index contributed by atoms with van der Waals surface area (Å²) in [7, 11) is 3.94. The fourth-order valence-corrected chi connectivity index (χ4v) is 3.29. The summed E-state index contributed by atoms with van der Waals surface area (Å²) in [6.07, 6.45) is 6.19. The molecule has 1 aliphatic carbocycles. The van der Waals surface area contributed by atoms with Crippen LogP contribution in [-0.4, -0.2) is 42.1 Å². The molecule has 0 radical (unpaired) electrons. The third-order valence-electron chi connectivity index (χ3n) is 4.73. The summed E-state index contributed by atoms with van der Waals surface area (Å²) in [5.41, 5.74) is 1.05. The van der Waals surface area contributed by atoms with Gasteiger partial charge in [-0.15, -0.1) is 0 Å². The summed E-state index contributed by atoms with van der Waals surface area (Å²) in [6.45, 7) is 0. The molecule has 1 aromatic heterocycles. The summed E-state index contributed by atoms with van der Waals surface area (Å²) < 4.78 is 0. The molecule has 6 heteroatoms. The lowest BCUT2D eigenvalue weighted by atomic mass is 9.91. The lowest BCUT2D eigenvalue weighted by molar-refractivity contribution is -0.121. The van der Waals surface area contributed by atoms with Crippen LogP contribution in [0.5, 0.6) is 0 Å². The average Bonchev–Trinajstić information content (AvgIpc) is 2.64. The van der Waals surface area contributed by atoms with Gasteiger partial charge in [0.15, 0.2) is 0 Å². The van der Waals surface area contributed by atoms with Crippen molar-refractivity contribution in [3.8, 4) is 0 Å². The molecule has 1 heterocycles. The highest BCUT2D eigenvalue weighted by molar-refractivity contribution is 5.78. The van der Waals surface area contributed by atoms with Crippen LogP contribution in [-0.2, 0) is 11.2 Å². The fourth-order valence-electron chi connectivity index (χ4n) is 3.29. The van der Waals surface area contributed by atoms with E-state index in [1.165, 1.54) is 0 Å². The van der Waals surface area contributed by atoms with Gasteiger partial charge in [-0.05, 0) is 37.3 Å². The molecule has 138 valence electrons. The number of carbonyl (C=O) groups is 1. The quantitative estimate of drug-likeness (QED) is 0.835. The fraction of sp³-hybridized carbons (Fsp3) is 0.450. The zero-order valence-electron chi connectivity index (χ0n) is 15.5. The van der Waals surface area contributed by atoms with E-state index in [1.54, 1.807) is 6.20 Å². The Balaban J connectivity index is 1.44. The molecule has 1 fully saturated rings. The van der Waals surface area contributed by atoms with Crippen molar-refractivity contribution in [1.82, 2.24) is 15.3 Å². The smallest absolute Gasteiger partial charge is 0.224 e. The van der Waals surface area contributed by atoms with E-state index in [9.17, 15) is 4.79 Å². The Bertz CT molecular complexity index is 711. The van der Waals surface area contributed by atoms with Crippen LogP contribution < -0.4 is 15.5 Å². The van der Waals surface area contributed by atoms with Gasteiger partial charge < -0.3 is 15.5 Å². The summed E-state index contributed by atoms with van der Waals surface area (Å²) in [4.78, 5) is 23.0. The van der Waals surface area contributed by atoms with Gasteiger partial charge in [0.1, 0.15) is 5.82 Å². The molecule has 1 aromatic carbocycles. The standard InChI is InChI=1S/C20H27N5O/c1-25(2)18-12-13-21-20(24-18)23-17-10-8-16(9-11-17)22-19(26)14-15-6-4-3-5-7-15/h3-7,12-13,16-17H,8-11,14H2,1-2H3,(H,22,26)(H,21,23,24)/t16-,17+. The van der Waals surface area contributed by atoms with Crippen molar-refractivity contribution >= 4 is 17.7 Å². The molecule has 2 N–H and O–H groups in total. The predicted molar refractivity (Wildman–Crippen MR) is 104 cm³/mol. The van der Waals surface area contributed by atoms with Crippen LogP contribution in [0.15, 0.2) is 42.6 Å². The van der Waals surface area contributed by atoms with Crippen LogP contribution >= 0.6 is 0 Å². The molecular formula is C20H27N5O. The first-order valence-corrected chi connectivity index (χ1v) is 9.20. The van der Waals surface area contributed by atoms with Gasteiger partial charge in [-0.1, -0.05) is 30.3 Å². The van der Waals surface area contributed by atoms with Gasteiger partial charge in [0, 0.05) is 32.4 Å². The highest BCUT2D eigenvalue weighted by Gasteiger charge is 2.23. The maximum atomic E-state index is 12.2. The molecule has 0 saturated heterocycles. The number of nitrogens with one attached hydrogen (secondary N) is 2. The number of hydrogen-bond acceptors (Lipinski definition) is 5. The molecule has 1 amide bonds. The van der Waals surface area contributed by atoms with Crippen molar-refractivity contribution in [3.63, 3.8) is 0 Å². The van der Waals surface area contributed by atoms with E-state index < -0.39 is 0 Å². The molecule has 26 heavy (non-hydrogen) atoms. The Morgan fingerprint density at radius 2 is 1.77 bits per heavy atom. The zero-order chi connectivity index (χ0) is 18.4. The number of carbonyl (C=O) groups excluding carboxylic acids is 1. The number of hydrogen-bond donors (Lipinski definition) is 2. The zero-order valence-corrected chi connectivity index (χ0v) is 15.5. The van der Waals surface area contributed by atoms with Gasteiger partial charge in [0.25, 0.3) is 0 Å². The lowest BCUT2D eigenvalue weighted by Crippen LogP contribution is -2.40. The van der Waals surface area contributed by atoms with Crippen molar-refractivity contribution in [1.29, 1.82) is 0 Å². The van der Waals surface area contributed by atoms with Gasteiger partial charge in [0.05, 0.1) is 6.42 Å². The first-order valence-electron chi connectivity index (χ1n) is 9.20. The monoisotopic (exact) mass is 353 g/mol. The van der Waals surface area contributed by atoms with E-state index in [4.69, 9.17) is 0 Å². The number of anilines is 2. The van der Waals surface area contributed by atoms with Gasteiger partial charge in [-0.3, -0.25) is 4.79 Å². The van der Waals surface area contributed by atoms with Crippen molar-refractivity contribution in [3.05, 3.63) is 48.2 Å². The van der Waals surface area contributed by atoms with Gasteiger partial charge >= 0.3 is 0 Å². The lowest BCUT2D eigenvalue weighted by Gasteiger charge is -2.29. The highest BCUT2D eigenvalue weighted by Crippen LogP contribution is 2.22. The predicted octanol–water partition coefficient (Wildman–Crippen LogP) is 2.62. The minimum Gasteiger partial charge on any atom is -0.363 e. The van der Waals surface area contributed by atoms with E-state index in [0.29, 0.717) is 18.4 Å². The summed E-state index contributed by atoms with van der Waals surface area (Å²) in [5.74, 6) is 1.67.